The SMILES string of the molecule is CC1CCCC(CN)N1C1CCOC2(CCCCC2)C1. The van der Waals surface area contributed by atoms with E-state index >= 15 is 0 Å². The summed E-state index contributed by atoms with van der Waals surface area (Å²) in [7, 11) is 0. The van der Waals surface area contributed by atoms with Gasteiger partial charge < -0.3 is 10.5 Å². The molecule has 0 aromatic rings. The number of piperidine rings is 1. The lowest BCUT2D eigenvalue weighted by molar-refractivity contribution is -0.135. The van der Waals surface area contributed by atoms with Gasteiger partial charge in [0.25, 0.3) is 0 Å². The van der Waals surface area contributed by atoms with Gasteiger partial charge in [-0.1, -0.05) is 25.7 Å². The van der Waals surface area contributed by atoms with Crippen LogP contribution < -0.4 is 5.73 Å². The predicted octanol–water partition coefficient (Wildman–Crippen LogP) is 3.07. The summed E-state index contributed by atoms with van der Waals surface area (Å²) in [6, 6.07) is 2.04. The fourth-order valence-electron chi connectivity index (χ4n) is 5.01. The van der Waals surface area contributed by atoms with Crippen molar-refractivity contribution in [3.05, 3.63) is 0 Å². The van der Waals surface area contributed by atoms with Gasteiger partial charge in [-0.05, 0) is 45.4 Å². The van der Waals surface area contributed by atoms with Gasteiger partial charge in [-0.3, -0.25) is 4.90 Å². The van der Waals surface area contributed by atoms with Crippen molar-refractivity contribution in [2.24, 2.45) is 5.73 Å². The second kappa shape index (κ2) is 6.33. The molecule has 2 N–H and O–H groups in total. The van der Waals surface area contributed by atoms with Crippen LogP contribution in [0.1, 0.15) is 71.1 Å². The molecule has 0 bridgehead atoms. The molecule has 116 valence electrons. The van der Waals surface area contributed by atoms with Crippen molar-refractivity contribution in [2.45, 2.75) is 94.9 Å². The fourth-order valence-corrected chi connectivity index (χ4v) is 5.01. The zero-order chi connectivity index (χ0) is 14.0. The van der Waals surface area contributed by atoms with Gasteiger partial charge in [0.2, 0.25) is 0 Å². The molecule has 0 radical (unpaired) electrons. The first-order chi connectivity index (χ1) is 9.74. The largest absolute Gasteiger partial charge is 0.375 e. The van der Waals surface area contributed by atoms with Crippen molar-refractivity contribution < 1.29 is 4.74 Å². The van der Waals surface area contributed by atoms with Gasteiger partial charge in [-0.2, -0.15) is 0 Å². The van der Waals surface area contributed by atoms with Crippen LogP contribution in [0.2, 0.25) is 0 Å². The normalized spacial score (nSPS) is 39.0. The molecule has 20 heavy (non-hydrogen) atoms. The molecule has 3 unspecified atom stereocenters. The van der Waals surface area contributed by atoms with Crippen LogP contribution >= 0.6 is 0 Å². The van der Waals surface area contributed by atoms with Gasteiger partial charge in [0, 0.05) is 31.3 Å². The van der Waals surface area contributed by atoms with E-state index in [2.05, 4.69) is 11.8 Å². The van der Waals surface area contributed by atoms with E-state index in [0.717, 1.165) is 13.2 Å². The number of likely N-dealkylation sites (tertiary alicyclic amines) is 1. The van der Waals surface area contributed by atoms with Crippen molar-refractivity contribution in [3.63, 3.8) is 0 Å². The Morgan fingerprint density at radius 1 is 1.10 bits per heavy atom. The summed E-state index contributed by atoms with van der Waals surface area (Å²) < 4.78 is 6.27. The summed E-state index contributed by atoms with van der Waals surface area (Å²) in [5.74, 6) is 0. The minimum Gasteiger partial charge on any atom is -0.375 e. The fraction of sp³-hybridized carbons (Fsp3) is 1.00. The molecule has 3 fully saturated rings. The van der Waals surface area contributed by atoms with Crippen molar-refractivity contribution >= 4 is 0 Å². The maximum absolute atomic E-state index is 6.27. The van der Waals surface area contributed by atoms with Gasteiger partial charge in [0.1, 0.15) is 0 Å². The van der Waals surface area contributed by atoms with E-state index in [1.807, 2.05) is 0 Å². The second-order valence-electron chi connectivity index (χ2n) is 7.36. The monoisotopic (exact) mass is 280 g/mol. The van der Waals surface area contributed by atoms with Crippen molar-refractivity contribution in [3.8, 4) is 0 Å². The van der Waals surface area contributed by atoms with E-state index in [0.29, 0.717) is 18.1 Å². The number of nitrogens with two attached hydrogens (primary N) is 1. The van der Waals surface area contributed by atoms with Crippen molar-refractivity contribution in [1.29, 1.82) is 0 Å². The summed E-state index contributed by atoms with van der Waals surface area (Å²) in [5.41, 5.74) is 6.28. The second-order valence-corrected chi connectivity index (χ2v) is 7.36. The molecule has 0 aromatic carbocycles. The quantitative estimate of drug-likeness (QED) is 0.845. The molecule has 0 aromatic heterocycles. The Kier molecular flexibility index (Phi) is 4.68. The Morgan fingerprint density at radius 2 is 1.90 bits per heavy atom. The number of hydrogen-bond donors (Lipinski definition) is 1. The molecule has 3 heteroatoms. The van der Waals surface area contributed by atoms with Crippen LogP contribution in [-0.4, -0.2) is 41.8 Å². The Bertz CT molecular complexity index is 309. The molecule has 1 aliphatic carbocycles. The van der Waals surface area contributed by atoms with Gasteiger partial charge in [0.15, 0.2) is 0 Å². The lowest BCUT2D eigenvalue weighted by Gasteiger charge is -2.51. The third-order valence-corrected chi connectivity index (χ3v) is 6.02. The molecule has 3 aliphatic rings. The van der Waals surface area contributed by atoms with Gasteiger partial charge in [-0.25, -0.2) is 0 Å². The zero-order valence-corrected chi connectivity index (χ0v) is 13.2. The smallest absolute Gasteiger partial charge is 0.0697 e. The molecular weight excluding hydrogens is 248 g/mol. The Hall–Kier alpha value is -0.120. The highest BCUT2D eigenvalue weighted by atomic mass is 16.5. The molecule has 0 amide bonds. The predicted molar refractivity (Wildman–Crippen MR) is 82.8 cm³/mol. The number of rotatable bonds is 2. The Morgan fingerprint density at radius 3 is 2.65 bits per heavy atom. The molecular formula is C17H32N2O. The molecule has 2 saturated heterocycles. The van der Waals surface area contributed by atoms with Crippen molar-refractivity contribution in [1.82, 2.24) is 4.90 Å². The van der Waals surface area contributed by atoms with E-state index in [1.165, 1.54) is 64.2 Å². The Balaban J connectivity index is 1.71. The van der Waals surface area contributed by atoms with Gasteiger partial charge in [0.05, 0.1) is 5.60 Å². The van der Waals surface area contributed by atoms with E-state index in [1.54, 1.807) is 0 Å². The first kappa shape index (κ1) is 14.8. The molecule has 1 saturated carbocycles. The molecule has 2 heterocycles. The van der Waals surface area contributed by atoms with Gasteiger partial charge >= 0.3 is 0 Å². The van der Waals surface area contributed by atoms with Crippen LogP contribution in [0.25, 0.3) is 0 Å². The van der Waals surface area contributed by atoms with E-state index in [9.17, 15) is 0 Å². The summed E-state index contributed by atoms with van der Waals surface area (Å²) in [4.78, 5) is 2.78. The third kappa shape index (κ3) is 2.90. The summed E-state index contributed by atoms with van der Waals surface area (Å²) in [6.07, 6.45) is 13.2. The lowest BCUT2D eigenvalue weighted by atomic mass is 9.77. The molecule has 1 spiro atoms. The minimum atomic E-state index is 0.220. The van der Waals surface area contributed by atoms with E-state index < -0.39 is 0 Å². The maximum Gasteiger partial charge on any atom is 0.0697 e. The van der Waals surface area contributed by atoms with E-state index in [4.69, 9.17) is 10.5 Å². The van der Waals surface area contributed by atoms with E-state index in [-0.39, 0.29) is 5.60 Å². The number of nitrogens with zero attached hydrogens (tertiary/aromatic N) is 1. The Labute approximate surface area is 124 Å². The average molecular weight is 280 g/mol. The van der Waals surface area contributed by atoms with Crippen molar-refractivity contribution in [2.75, 3.05) is 13.2 Å². The highest BCUT2D eigenvalue weighted by Gasteiger charge is 2.43. The molecule has 2 aliphatic heterocycles. The van der Waals surface area contributed by atoms with Crippen LogP contribution in [0, 0.1) is 0 Å². The highest BCUT2D eigenvalue weighted by Crippen LogP contribution is 2.41. The molecule has 3 nitrogen and oxygen atoms in total. The first-order valence-corrected chi connectivity index (χ1v) is 8.85. The summed E-state index contributed by atoms with van der Waals surface area (Å²) in [5, 5.41) is 0. The molecule has 3 rings (SSSR count). The molecule has 3 atom stereocenters. The van der Waals surface area contributed by atoms with Gasteiger partial charge in [-0.15, -0.1) is 0 Å². The third-order valence-electron chi connectivity index (χ3n) is 6.02. The van der Waals surface area contributed by atoms with Crippen LogP contribution in [0.4, 0.5) is 0 Å². The topological polar surface area (TPSA) is 38.5 Å². The highest BCUT2D eigenvalue weighted by molar-refractivity contribution is 4.96. The minimum absolute atomic E-state index is 0.220. The number of ether oxygens (including phenoxy) is 1. The standard InChI is InChI=1S/C17H32N2O/c1-14-6-5-7-16(13-18)19(14)15-8-11-20-17(12-15)9-3-2-4-10-17/h14-16H,2-13,18H2,1H3. The van der Waals surface area contributed by atoms with Crippen LogP contribution in [-0.2, 0) is 4.74 Å². The van der Waals surface area contributed by atoms with Crippen LogP contribution in [0.5, 0.6) is 0 Å². The van der Waals surface area contributed by atoms with Crippen LogP contribution in [0.15, 0.2) is 0 Å². The zero-order valence-electron chi connectivity index (χ0n) is 13.2. The number of hydrogen-bond acceptors (Lipinski definition) is 3. The summed E-state index contributed by atoms with van der Waals surface area (Å²) >= 11 is 0. The maximum atomic E-state index is 6.27. The lowest BCUT2D eigenvalue weighted by Crippen LogP contribution is -2.58. The summed E-state index contributed by atoms with van der Waals surface area (Å²) in [6.45, 7) is 4.20. The van der Waals surface area contributed by atoms with Crippen LogP contribution in [0.3, 0.4) is 0 Å². The average Bonchev–Trinajstić information content (AvgIpc) is 2.47. The first-order valence-electron chi connectivity index (χ1n) is 8.85.